The maximum absolute atomic E-state index is 12.4. The van der Waals surface area contributed by atoms with Gasteiger partial charge >= 0.3 is 0 Å². The van der Waals surface area contributed by atoms with Crippen molar-refractivity contribution in [2.45, 2.75) is 44.8 Å². The number of hydrogen-bond donors (Lipinski definition) is 1. The van der Waals surface area contributed by atoms with Gasteiger partial charge in [-0.25, -0.2) is 9.97 Å². The van der Waals surface area contributed by atoms with Crippen LogP contribution in [-0.4, -0.2) is 22.0 Å². The van der Waals surface area contributed by atoms with Crippen LogP contribution in [0.1, 0.15) is 54.0 Å². The molecule has 0 radical (unpaired) electrons. The zero-order valence-corrected chi connectivity index (χ0v) is 13.3. The monoisotopic (exact) mass is 317 g/mol. The minimum absolute atomic E-state index is 0.0586. The van der Waals surface area contributed by atoms with E-state index >= 15 is 0 Å². The van der Waals surface area contributed by atoms with Crippen molar-refractivity contribution in [3.8, 4) is 5.88 Å². The first-order valence-electron chi connectivity index (χ1n) is 7.59. The van der Waals surface area contributed by atoms with E-state index in [0.717, 1.165) is 24.3 Å². The molecular formula is C16H19N3O2S. The normalized spacial score (nSPS) is 15.9. The highest BCUT2D eigenvalue weighted by Gasteiger charge is 2.21. The molecule has 2 aromatic heterocycles. The summed E-state index contributed by atoms with van der Waals surface area (Å²) in [6.07, 6.45) is 7.77. The lowest BCUT2D eigenvalue weighted by atomic mass is 9.96. The smallest absolute Gasteiger partial charge is 0.252 e. The zero-order chi connectivity index (χ0) is 15.4. The molecular weight excluding hydrogens is 298 g/mol. The fraction of sp³-hybridized carbons (Fsp3) is 0.438. The predicted molar refractivity (Wildman–Crippen MR) is 85.1 cm³/mol. The topological polar surface area (TPSA) is 64.1 Å². The minimum Gasteiger partial charge on any atom is -0.474 e. The van der Waals surface area contributed by atoms with Crippen molar-refractivity contribution in [1.82, 2.24) is 15.3 Å². The largest absolute Gasteiger partial charge is 0.474 e. The van der Waals surface area contributed by atoms with E-state index in [1.807, 2.05) is 12.3 Å². The van der Waals surface area contributed by atoms with Crippen LogP contribution in [0.3, 0.4) is 0 Å². The molecule has 1 amide bonds. The first-order valence-corrected chi connectivity index (χ1v) is 8.47. The van der Waals surface area contributed by atoms with Gasteiger partial charge in [0.15, 0.2) is 0 Å². The van der Waals surface area contributed by atoms with Crippen LogP contribution in [0.5, 0.6) is 5.88 Å². The summed E-state index contributed by atoms with van der Waals surface area (Å²) >= 11 is 1.55. The van der Waals surface area contributed by atoms with Crippen molar-refractivity contribution < 1.29 is 9.53 Å². The number of nitrogens with zero attached hydrogens (tertiary/aromatic N) is 2. The summed E-state index contributed by atoms with van der Waals surface area (Å²) < 4.78 is 5.74. The minimum atomic E-state index is -0.122. The number of hydrogen-bond acceptors (Lipinski definition) is 5. The van der Waals surface area contributed by atoms with Gasteiger partial charge in [-0.3, -0.25) is 4.79 Å². The Bertz CT molecular complexity index is 626. The number of carbonyl (C=O) groups excluding carboxylic acids is 1. The van der Waals surface area contributed by atoms with Gasteiger partial charge in [-0.2, -0.15) is 0 Å². The molecule has 1 fully saturated rings. The van der Waals surface area contributed by atoms with Crippen molar-refractivity contribution in [2.75, 3.05) is 0 Å². The van der Waals surface area contributed by atoms with Crippen LogP contribution in [-0.2, 0) is 0 Å². The number of pyridine rings is 1. The van der Waals surface area contributed by atoms with Crippen LogP contribution in [0.4, 0.5) is 0 Å². The Hall–Kier alpha value is -1.95. The first kappa shape index (κ1) is 15.0. The summed E-state index contributed by atoms with van der Waals surface area (Å²) in [5.74, 6) is 0.405. The van der Waals surface area contributed by atoms with E-state index in [2.05, 4.69) is 15.3 Å². The van der Waals surface area contributed by atoms with Gasteiger partial charge in [0, 0.05) is 29.4 Å². The summed E-state index contributed by atoms with van der Waals surface area (Å²) in [6, 6.07) is 3.36. The highest BCUT2D eigenvalue weighted by Crippen LogP contribution is 2.24. The third kappa shape index (κ3) is 3.44. The predicted octanol–water partition coefficient (Wildman–Crippen LogP) is 3.35. The zero-order valence-electron chi connectivity index (χ0n) is 12.5. The lowest BCUT2D eigenvalue weighted by Crippen LogP contribution is -2.28. The Balaban J connectivity index is 1.67. The van der Waals surface area contributed by atoms with Crippen LogP contribution in [0, 0.1) is 0 Å². The lowest BCUT2D eigenvalue weighted by molar-refractivity contribution is 0.0930. The molecule has 5 nitrogen and oxygen atoms in total. The molecule has 3 rings (SSSR count). The summed E-state index contributed by atoms with van der Waals surface area (Å²) in [6.45, 7) is 2.03. The van der Waals surface area contributed by atoms with Gasteiger partial charge < -0.3 is 10.1 Å². The maximum Gasteiger partial charge on any atom is 0.252 e. The van der Waals surface area contributed by atoms with Gasteiger partial charge in [-0.1, -0.05) is 6.92 Å². The molecule has 1 saturated carbocycles. The second-order valence-electron chi connectivity index (χ2n) is 5.36. The SMILES string of the molecule is CC[C@@H](NC(=O)c1ccnc(OC2CCC2)c1)c1nccs1. The Morgan fingerprint density at radius 1 is 1.45 bits per heavy atom. The lowest BCUT2D eigenvalue weighted by Gasteiger charge is -2.25. The molecule has 1 aliphatic rings. The van der Waals surface area contributed by atoms with Crippen LogP contribution in [0.25, 0.3) is 0 Å². The van der Waals surface area contributed by atoms with Crippen LogP contribution in [0.15, 0.2) is 29.9 Å². The van der Waals surface area contributed by atoms with E-state index < -0.39 is 0 Å². The fourth-order valence-corrected chi connectivity index (χ4v) is 3.03. The van der Waals surface area contributed by atoms with Crippen molar-refractivity contribution in [1.29, 1.82) is 0 Å². The molecule has 2 heterocycles. The maximum atomic E-state index is 12.4. The average Bonchev–Trinajstić information content (AvgIpc) is 3.03. The number of rotatable bonds is 6. The number of carbonyl (C=O) groups is 1. The van der Waals surface area contributed by atoms with Crippen LogP contribution < -0.4 is 10.1 Å². The summed E-state index contributed by atoms with van der Waals surface area (Å²) in [7, 11) is 0. The molecule has 0 aromatic carbocycles. The molecule has 0 aliphatic heterocycles. The summed E-state index contributed by atoms with van der Waals surface area (Å²) in [5, 5.41) is 5.86. The molecule has 0 unspecified atom stereocenters. The summed E-state index contributed by atoms with van der Waals surface area (Å²) in [5.41, 5.74) is 0.569. The number of aromatic nitrogens is 2. The van der Waals surface area contributed by atoms with E-state index in [9.17, 15) is 4.79 Å². The Kier molecular flexibility index (Phi) is 4.68. The van der Waals surface area contributed by atoms with Crippen molar-refractivity contribution in [3.63, 3.8) is 0 Å². The first-order chi connectivity index (χ1) is 10.8. The molecule has 0 bridgehead atoms. The van der Waals surface area contributed by atoms with E-state index in [4.69, 9.17) is 4.74 Å². The van der Waals surface area contributed by atoms with Gasteiger partial charge in [0.2, 0.25) is 5.88 Å². The Morgan fingerprint density at radius 3 is 2.95 bits per heavy atom. The van der Waals surface area contributed by atoms with Crippen molar-refractivity contribution in [2.24, 2.45) is 0 Å². The molecule has 0 saturated heterocycles. The van der Waals surface area contributed by atoms with Gasteiger partial charge in [0.05, 0.1) is 6.04 Å². The molecule has 116 valence electrons. The number of thiazole rings is 1. The van der Waals surface area contributed by atoms with E-state index in [1.165, 1.54) is 6.42 Å². The fourth-order valence-electron chi connectivity index (χ4n) is 2.26. The second kappa shape index (κ2) is 6.87. The molecule has 1 N–H and O–H groups in total. The van der Waals surface area contributed by atoms with Crippen LogP contribution in [0.2, 0.25) is 0 Å². The molecule has 1 aliphatic carbocycles. The second-order valence-corrected chi connectivity index (χ2v) is 6.28. The molecule has 0 spiro atoms. The Morgan fingerprint density at radius 2 is 2.32 bits per heavy atom. The van der Waals surface area contributed by atoms with E-state index in [0.29, 0.717) is 11.4 Å². The third-order valence-electron chi connectivity index (χ3n) is 3.80. The summed E-state index contributed by atoms with van der Waals surface area (Å²) in [4.78, 5) is 20.9. The number of nitrogens with one attached hydrogen (secondary N) is 1. The molecule has 2 aromatic rings. The molecule has 22 heavy (non-hydrogen) atoms. The molecule has 1 atom stereocenters. The van der Waals surface area contributed by atoms with Gasteiger partial charge in [-0.05, 0) is 31.7 Å². The van der Waals surface area contributed by atoms with Gasteiger partial charge in [0.1, 0.15) is 11.1 Å². The van der Waals surface area contributed by atoms with Gasteiger partial charge in [-0.15, -0.1) is 11.3 Å². The highest BCUT2D eigenvalue weighted by atomic mass is 32.1. The standard InChI is InChI=1S/C16H19N3O2S/c1-2-13(16-18-8-9-22-16)19-15(20)11-6-7-17-14(10-11)21-12-4-3-5-12/h6-10,12-13H,2-5H2,1H3,(H,19,20)/t13-/m1/s1. The number of amides is 1. The van der Waals surface area contributed by atoms with E-state index in [1.54, 1.807) is 35.9 Å². The molecule has 6 heteroatoms. The van der Waals surface area contributed by atoms with E-state index in [-0.39, 0.29) is 18.1 Å². The van der Waals surface area contributed by atoms with Gasteiger partial charge in [0.25, 0.3) is 5.91 Å². The quantitative estimate of drug-likeness (QED) is 0.887. The van der Waals surface area contributed by atoms with Crippen molar-refractivity contribution in [3.05, 3.63) is 40.5 Å². The van der Waals surface area contributed by atoms with Crippen LogP contribution >= 0.6 is 11.3 Å². The average molecular weight is 317 g/mol. The Labute approximate surface area is 133 Å². The number of ether oxygens (including phenoxy) is 1. The van der Waals surface area contributed by atoms with Crippen molar-refractivity contribution >= 4 is 17.2 Å². The highest BCUT2D eigenvalue weighted by molar-refractivity contribution is 7.09. The third-order valence-corrected chi connectivity index (χ3v) is 4.69.